The topological polar surface area (TPSA) is 40.7 Å². The van der Waals surface area contributed by atoms with Gasteiger partial charge in [-0.2, -0.15) is 0 Å². The van der Waals surface area contributed by atoms with Crippen molar-refractivity contribution in [1.82, 2.24) is 15.3 Å². The highest BCUT2D eigenvalue weighted by molar-refractivity contribution is 9.10. The van der Waals surface area contributed by atoms with Gasteiger partial charge in [-0.3, -0.25) is 0 Å². The Labute approximate surface area is 165 Å². The molecule has 1 unspecified atom stereocenters. The summed E-state index contributed by atoms with van der Waals surface area (Å²) in [6, 6.07) is 9.45. The minimum Gasteiger partial charge on any atom is -0.347 e. The minimum atomic E-state index is 0.374. The van der Waals surface area contributed by atoms with Crippen LogP contribution >= 0.6 is 15.9 Å². The third-order valence-electron chi connectivity index (χ3n) is 6.15. The molecule has 4 heteroatoms. The Kier molecular flexibility index (Phi) is 6.11. The van der Waals surface area contributed by atoms with Gasteiger partial charge in [0.2, 0.25) is 0 Å². The average molecular weight is 416 g/mol. The van der Waals surface area contributed by atoms with Crippen molar-refractivity contribution in [3.8, 4) is 11.3 Å². The van der Waals surface area contributed by atoms with Crippen molar-refractivity contribution in [3.05, 3.63) is 40.8 Å². The molecule has 3 nitrogen and oxygen atoms in total. The normalized spacial score (nSPS) is 21.0. The van der Waals surface area contributed by atoms with E-state index in [9.17, 15) is 0 Å². The molecule has 0 spiro atoms. The fourth-order valence-electron chi connectivity index (χ4n) is 4.72. The monoisotopic (exact) mass is 415 g/mol. The highest BCUT2D eigenvalue weighted by Gasteiger charge is 2.29. The minimum absolute atomic E-state index is 0.374. The molecule has 0 amide bonds. The molecule has 2 aliphatic carbocycles. The Balaban J connectivity index is 1.56. The molecule has 2 aromatic rings. The SMILES string of the molecule is Brc1cccc(-c2c[nH]c(C(NC3CCCCC3)C3CCCCC3)n2)c1. The van der Waals surface area contributed by atoms with Crippen molar-refractivity contribution in [2.24, 2.45) is 5.92 Å². The van der Waals surface area contributed by atoms with E-state index in [-0.39, 0.29) is 0 Å². The van der Waals surface area contributed by atoms with E-state index in [0.29, 0.717) is 18.0 Å². The van der Waals surface area contributed by atoms with Crippen LogP contribution in [0.2, 0.25) is 0 Å². The van der Waals surface area contributed by atoms with Crippen LogP contribution in [0.25, 0.3) is 11.3 Å². The lowest BCUT2D eigenvalue weighted by Crippen LogP contribution is -2.39. The van der Waals surface area contributed by atoms with Crippen LogP contribution in [0.3, 0.4) is 0 Å². The number of benzene rings is 1. The summed E-state index contributed by atoms with van der Waals surface area (Å²) in [5, 5.41) is 4.02. The number of aromatic amines is 1. The van der Waals surface area contributed by atoms with Crippen molar-refractivity contribution >= 4 is 15.9 Å². The number of imidazole rings is 1. The molecule has 0 radical (unpaired) electrons. The van der Waals surface area contributed by atoms with Gasteiger partial charge in [-0.05, 0) is 43.7 Å². The van der Waals surface area contributed by atoms with Crippen LogP contribution < -0.4 is 5.32 Å². The predicted molar refractivity (Wildman–Crippen MR) is 111 cm³/mol. The maximum atomic E-state index is 5.02. The Morgan fingerprint density at radius 1 is 1.00 bits per heavy atom. The third kappa shape index (κ3) is 4.40. The van der Waals surface area contributed by atoms with Gasteiger partial charge >= 0.3 is 0 Å². The molecule has 0 aliphatic heterocycles. The Morgan fingerprint density at radius 3 is 2.46 bits per heavy atom. The first-order valence-corrected chi connectivity index (χ1v) is 11.2. The van der Waals surface area contributed by atoms with E-state index < -0.39 is 0 Å². The first-order valence-electron chi connectivity index (χ1n) is 10.4. The number of nitrogens with one attached hydrogen (secondary N) is 2. The maximum absolute atomic E-state index is 5.02. The predicted octanol–water partition coefficient (Wildman–Crippen LogP) is 6.38. The summed E-state index contributed by atoms with van der Waals surface area (Å²) in [5.74, 6) is 1.85. The van der Waals surface area contributed by atoms with Gasteiger partial charge in [0.1, 0.15) is 5.82 Å². The third-order valence-corrected chi connectivity index (χ3v) is 6.65. The first-order chi connectivity index (χ1) is 12.8. The quantitative estimate of drug-likeness (QED) is 0.594. The van der Waals surface area contributed by atoms with Gasteiger partial charge in [-0.15, -0.1) is 0 Å². The fourth-order valence-corrected chi connectivity index (χ4v) is 5.12. The summed E-state index contributed by atoms with van der Waals surface area (Å²) < 4.78 is 1.10. The summed E-state index contributed by atoms with van der Waals surface area (Å²) in [6.07, 6.45) is 15.7. The van der Waals surface area contributed by atoms with E-state index in [4.69, 9.17) is 4.98 Å². The number of hydrogen-bond acceptors (Lipinski definition) is 2. The molecule has 1 atom stereocenters. The lowest BCUT2D eigenvalue weighted by molar-refractivity contribution is 0.227. The summed E-state index contributed by atoms with van der Waals surface area (Å²) in [4.78, 5) is 8.55. The Morgan fingerprint density at radius 2 is 1.73 bits per heavy atom. The molecular weight excluding hydrogens is 386 g/mol. The largest absolute Gasteiger partial charge is 0.347 e. The van der Waals surface area contributed by atoms with Crippen molar-refractivity contribution in [2.45, 2.75) is 76.3 Å². The highest BCUT2D eigenvalue weighted by Crippen LogP contribution is 2.35. The summed E-state index contributed by atoms with van der Waals surface area (Å²) >= 11 is 3.57. The Hall–Kier alpha value is -1.13. The number of rotatable bonds is 5. The molecule has 140 valence electrons. The maximum Gasteiger partial charge on any atom is 0.124 e. The zero-order chi connectivity index (χ0) is 17.8. The van der Waals surface area contributed by atoms with Gasteiger partial charge in [0.15, 0.2) is 0 Å². The number of nitrogens with zero attached hydrogens (tertiary/aromatic N) is 1. The van der Waals surface area contributed by atoms with Gasteiger partial charge < -0.3 is 10.3 Å². The van der Waals surface area contributed by atoms with E-state index in [1.807, 2.05) is 0 Å². The second kappa shape index (κ2) is 8.71. The van der Waals surface area contributed by atoms with Gasteiger partial charge in [0, 0.05) is 22.3 Å². The van der Waals surface area contributed by atoms with E-state index in [1.165, 1.54) is 69.8 Å². The van der Waals surface area contributed by atoms with E-state index in [0.717, 1.165) is 16.0 Å². The Bertz CT molecular complexity index is 699. The molecule has 2 saturated carbocycles. The van der Waals surface area contributed by atoms with Gasteiger partial charge in [0.25, 0.3) is 0 Å². The van der Waals surface area contributed by atoms with E-state index in [1.54, 1.807) is 0 Å². The van der Waals surface area contributed by atoms with Crippen LogP contribution in [0, 0.1) is 5.92 Å². The molecule has 1 aromatic carbocycles. The van der Waals surface area contributed by atoms with Gasteiger partial charge in [0.05, 0.1) is 11.7 Å². The number of H-pyrrole nitrogens is 1. The highest BCUT2D eigenvalue weighted by atomic mass is 79.9. The molecule has 2 fully saturated rings. The summed E-state index contributed by atoms with van der Waals surface area (Å²) in [6.45, 7) is 0. The van der Waals surface area contributed by atoms with Crippen molar-refractivity contribution < 1.29 is 0 Å². The number of hydrogen-bond donors (Lipinski definition) is 2. The van der Waals surface area contributed by atoms with Crippen LogP contribution in [0.5, 0.6) is 0 Å². The van der Waals surface area contributed by atoms with Gasteiger partial charge in [-0.1, -0.05) is 66.6 Å². The number of halogens is 1. The summed E-state index contributed by atoms with van der Waals surface area (Å²) in [7, 11) is 0. The fraction of sp³-hybridized carbons (Fsp3) is 0.591. The zero-order valence-corrected chi connectivity index (χ0v) is 17.1. The van der Waals surface area contributed by atoms with Gasteiger partial charge in [-0.25, -0.2) is 4.98 Å². The molecule has 4 rings (SSSR count). The van der Waals surface area contributed by atoms with Crippen molar-refractivity contribution in [3.63, 3.8) is 0 Å². The van der Waals surface area contributed by atoms with Crippen molar-refractivity contribution in [2.75, 3.05) is 0 Å². The second-order valence-corrected chi connectivity index (χ2v) is 8.97. The van der Waals surface area contributed by atoms with Crippen LogP contribution in [0.4, 0.5) is 0 Å². The van der Waals surface area contributed by atoms with Crippen molar-refractivity contribution in [1.29, 1.82) is 0 Å². The van der Waals surface area contributed by atoms with Crippen LogP contribution in [-0.4, -0.2) is 16.0 Å². The smallest absolute Gasteiger partial charge is 0.124 e. The molecule has 1 aromatic heterocycles. The molecule has 0 bridgehead atoms. The molecule has 2 aliphatic rings. The molecule has 0 saturated heterocycles. The van der Waals surface area contributed by atoms with E-state index in [2.05, 4.69) is 56.7 Å². The molecule has 1 heterocycles. The first kappa shape index (κ1) is 18.2. The molecule has 26 heavy (non-hydrogen) atoms. The molecular formula is C22H30BrN3. The van der Waals surface area contributed by atoms with E-state index >= 15 is 0 Å². The average Bonchev–Trinajstić information content (AvgIpc) is 3.18. The molecule has 2 N–H and O–H groups in total. The standard InChI is InChI=1S/C22H30BrN3/c23-18-11-7-10-17(14-18)20-15-24-22(26-20)21(16-8-3-1-4-9-16)25-19-12-5-2-6-13-19/h7,10-11,14-16,19,21,25H,1-6,8-9,12-13H2,(H,24,26). The lowest BCUT2D eigenvalue weighted by Gasteiger charge is -2.34. The van der Waals surface area contributed by atoms with Crippen LogP contribution in [0.15, 0.2) is 34.9 Å². The summed E-state index contributed by atoms with van der Waals surface area (Å²) in [5.41, 5.74) is 2.22. The second-order valence-electron chi connectivity index (χ2n) is 8.06. The van der Waals surface area contributed by atoms with Crippen LogP contribution in [-0.2, 0) is 0 Å². The van der Waals surface area contributed by atoms with Crippen LogP contribution in [0.1, 0.15) is 76.1 Å². The lowest BCUT2D eigenvalue weighted by atomic mass is 9.82. The zero-order valence-electron chi connectivity index (χ0n) is 15.5. The number of aromatic nitrogens is 2.